The third-order valence-corrected chi connectivity index (χ3v) is 5.16. The van der Waals surface area contributed by atoms with E-state index in [0.717, 1.165) is 12.2 Å². The zero-order valence-electron chi connectivity index (χ0n) is 18.8. The van der Waals surface area contributed by atoms with Gasteiger partial charge in [-0.05, 0) is 51.1 Å². The van der Waals surface area contributed by atoms with Gasteiger partial charge in [-0.25, -0.2) is 4.68 Å². The van der Waals surface area contributed by atoms with Gasteiger partial charge in [-0.15, -0.1) is 0 Å². The average molecular weight is 437 g/mol. The van der Waals surface area contributed by atoms with Crippen LogP contribution < -0.4 is 15.8 Å². The van der Waals surface area contributed by atoms with E-state index in [4.69, 9.17) is 4.74 Å². The summed E-state index contributed by atoms with van der Waals surface area (Å²) >= 11 is 0. The number of carbonyl (C=O) groups excluding carboxylic acids is 2. The van der Waals surface area contributed by atoms with Gasteiger partial charge in [0.1, 0.15) is 0 Å². The fourth-order valence-electron chi connectivity index (χ4n) is 3.62. The number of nitrogens with zero attached hydrogens (tertiary/aromatic N) is 3. The number of aromatic nitrogens is 2. The Bertz CT molecular complexity index is 1170. The lowest BCUT2D eigenvalue weighted by molar-refractivity contribution is -0.146. The molecule has 3 rings (SSSR count). The number of amides is 1. The van der Waals surface area contributed by atoms with Crippen molar-refractivity contribution in [2.45, 2.75) is 33.2 Å². The van der Waals surface area contributed by atoms with E-state index in [2.05, 4.69) is 36.1 Å². The van der Waals surface area contributed by atoms with Crippen molar-refractivity contribution in [1.29, 1.82) is 0 Å². The molecule has 2 aromatic carbocycles. The molecule has 0 aliphatic heterocycles. The molecule has 0 spiro atoms. The van der Waals surface area contributed by atoms with Crippen molar-refractivity contribution >= 4 is 34.0 Å². The second kappa shape index (κ2) is 10.1. The monoisotopic (exact) mass is 436 g/mol. The van der Waals surface area contributed by atoms with Crippen LogP contribution in [0.15, 0.2) is 53.3 Å². The Kier molecular flexibility index (Phi) is 7.25. The van der Waals surface area contributed by atoms with Crippen molar-refractivity contribution in [3.05, 3.63) is 64.6 Å². The minimum atomic E-state index is -0.595. The maximum Gasteiger partial charge on any atom is 0.312 e. The van der Waals surface area contributed by atoms with Gasteiger partial charge in [-0.2, -0.15) is 5.10 Å². The smallest absolute Gasteiger partial charge is 0.312 e. The number of ether oxygens (including phenoxy) is 1. The first-order valence-electron chi connectivity index (χ1n) is 10.6. The van der Waals surface area contributed by atoms with Crippen molar-refractivity contribution < 1.29 is 14.3 Å². The number of nitrogens with one attached hydrogen (secondary N) is 1. The molecule has 8 heteroatoms. The minimum Gasteiger partial charge on any atom is -0.455 e. The third kappa shape index (κ3) is 5.32. The van der Waals surface area contributed by atoms with E-state index in [1.165, 1.54) is 11.7 Å². The predicted octanol–water partition coefficient (Wildman–Crippen LogP) is 2.89. The minimum absolute atomic E-state index is 0.140. The lowest BCUT2D eigenvalue weighted by Crippen LogP contribution is -2.30. The molecule has 8 nitrogen and oxygen atoms in total. The maximum atomic E-state index is 12.3. The van der Waals surface area contributed by atoms with Gasteiger partial charge in [0.25, 0.3) is 11.5 Å². The Morgan fingerprint density at radius 3 is 2.38 bits per heavy atom. The number of esters is 1. The first-order chi connectivity index (χ1) is 15.3. The number of anilines is 2. The zero-order chi connectivity index (χ0) is 23.3. The SMILES string of the molecule is CCN(c1ccc(NC(=O)COC(=O)Cc2nn(C)c(=O)c3ccccc23)cc1)C(C)C. The highest BCUT2D eigenvalue weighted by Crippen LogP contribution is 2.20. The van der Waals surface area contributed by atoms with Crippen LogP contribution in [0.2, 0.25) is 0 Å². The van der Waals surface area contributed by atoms with Gasteiger partial charge in [0.15, 0.2) is 6.61 Å². The summed E-state index contributed by atoms with van der Waals surface area (Å²) in [6.45, 7) is 6.83. The van der Waals surface area contributed by atoms with E-state index in [1.807, 2.05) is 24.3 Å². The highest BCUT2D eigenvalue weighted by atomic mass is 16.5. The summed E-state index contributed by atoms with van der Waals surface area (Å²) in [6.07, 6.45) is -0.140. The summed E-state index contributed by atoms with van der Waals surface area (Å²) in [5, 5.41) is 7.98. The summed E-state index contributed by atoms with van der Waals surface area (Å²) < 4.78 is 6.32. The van der Waals surface area contributed by atoms with Crippen LogP contribution in [0.25, 0.3) is 10.8 Å². The summed E-state index contributed by atoms with van der Waals surface area (Å²) in [5.74, 6) is -1.03. The summed E-state index contributed by atoms with van der Waals surface area (Å²) in [6, 6.07) is 14.9. The molecule has 168 valence electrons. The number of carbonyl (C=O) groups is 2. The molecule has 1 amide bonds. The number of hydrogen-bond acceptors (Lipinski definition) is 6. The van der Waals surface area contributed by atoms with Gasteiger partial charge >= 0.3 is 5.97 Å². The topological polar surface area (TPSA) is 93.5 Å². The molecule has 1 N–H and O–H groups in total. The van der Waals surface area contributed by atoms with Crippen LogP contribution in [-0.4, -0.2) is 40.9 Å². The first kappa shape index (κ1) is 23.0. The largest absolute Gasteiger partial charge is 0.455 e. The molecule has 0 bridgehead atoms. The Morgan fingerprint density at radius 1 is 1.09 bits per heavy atom. The summed E-state index contributed by atoms with van der Waals surface area (Å²) in [7, 11) is 1.53. The molecular weight excluding hydrogens is 408 g/mol. The Morgan fingerprint density at radius 2 is 1.75 bits per heavy atom. The van der Waals surface area contributed by atoms with E-state index >= 15 is 0 Å². The fourth-order valence-corrected chi connectivity index (χ4v) is 3.62. The van der Waals surface area contributed by atoms with Crippen LogP contribution in [0.5, 0.6) is 0 Å². The van der Waals surface area contributed by atoms with Gasteiger partial charge < -0.3 is 15.0 Å². The van der Waals surface area contributed by atoms with Crippen molar-refractivity contribution in [1.82, 2.24) is 9.78 Å². The summed E-state index contributed by atoms with van der Waals surface area (Å²) in [4.78, 5) is 38.9. The van der Waals surface area contributed by atoms with Crippen LogP contribution in [0.4, 0.5) is 11.4 Å². The van der Waals surface area contributed by atoms with E-state index in [0.29, 0.717) is 28.2 Å². The molecule has 0 saturated carbocycles. The van der Waals surface area contributed by atoms with Crippen LogP contribution in [0.3, 0.4) is 0 Å². The molecule has 0 atom stereocenters. The van der Waals surface area contributed by atoms with E-state index in [1.54, 1.807) is 24.3 Å². The van der Waals surface area contributed by atoms with Crippen molar-refractivity contribution in [2.24, 2.45) is 7.05 Å². The molecule has 0 saturated heterocycles. The second-order valence-electron chi connectivity index (χ2n) is 7.73. The normalized spacial score (nSPS) is 10.9. The number of rotatable bonds is 8. The van der Waals surface area contributed by atoms with E-state index in [-0.39, 0.29) is 12.0 Å². The van der Waals surface area contributed by atoms with Gasteiger partial charge in [-0.3, -0.25) is 14.4 Å². The van der Waals surface area contributed by atoms with Gasteiger partial charge in [0.05, 0.1) is 17.5 Å². The first-order valence-corrected chi connectivity index (χ1v) is 10.6. The van der Waals surface area contributed by atoms with E-state index in [9.17, 15) is 14.4 Å². The Labute approximate surface area is 186 Å². The molecule has 1 heterocycles. The Hall–Kier alpha value is -3.68. The van der Waals surface area contributed by atoms with Gasteiger partial charge in [0, 0.05) is 36.4 Å². The molecule has 32 heavy (non-hydrogen) atoms. The number of hydrogen-bond donors (Lipinski definition) is 1. The Balaban J connectivity index is 1.58. The van der Waals surface area contributed by atoms with Crippen LogP contribution in [-0.2, 0) is 27.8 Å². The van der Waals surface area contributed by atoms with Crippen LogP contribution in [0.1, 0.15) is 26.5 Å². The maximum absolute atomic E-state index is 12.3. The zero-order valence-corrected chi connectivity index (χ0v) is 18.8. The van der Waals surface area contributed by atoms with Crippen LogP contribution >= 0.6 is 0 Å². The quantitative estimate of drug-likeness (QED) is 0.546. The lowest BCUT2D eigenvalue weighted by atomic mass is 10.1. The number of benzene rings is 2. The molecule has 0 aliphatic rings. The molecular formula is C24H28N4O4. The number of aryl methyl sites for hydroxylation is 1. The molecule has 1 aromatic heterocycles. The third-order valence-electron chi connectivity index (χ3n) is 5.16. The molecule has 3 aromatic rings. The molecule has 0 unspecified atom stereocenters. The second-order valence-corrected chi connectivity index (χ2v) is 7.73. The standard InChI is InChI=1S/C24H28N4O4/c1-5-28(16(2)3)18-12-10-17(11-13-18)25-22(29)15-32-23(30)14-21-19-8-6-7-9-20(19)24(31)27(4)26-21/h6-13,16H,5,14-15H2,1-4H3,(H,25,29). The highest BCUT2D eigenvalue weighted by Gasteiger charge is 2.15. The highest BCUT2D eigenvalue weighted by molar-refractivity contribution is 5.93. The van der Waals surface area contributed by atoms with Crippen molar-refractivity contribution in [3.63, 3.8) is 0 Å². The van der Waals surface area contributed by atoms with Gasteiger partial charge in [-0.1, -0.05) is 18.2 Å². The van der Waals surface area contributed by atoms with Gasteiger partial charge in [0.2, 0.25) is 0 Å². The molecule has 0 radical (unpaired) electrons. The number of fused-ring (bicyclic) bond motifs is 1. The van der Waals surface area contributed by atoms with Crippen molar-refractivity contribution in [3.8, 4) is 0 Å². The van der Waals surface area contributed by atoms with Crippen LogP contribution in [0, 0.1) is 0 Å². The molecule has 0 aliphatic carbocycles. The molecule has 0 fully saturated rings. The lowest BCUT2D eigenvalue weighted by Gasteiger charge is -2.27. The fraction of sp³-hybridized carbons (Fsp3) is 0.333. The van der Waals surface area contributed by atoms with Crippen molar-refractivity contribution in [2.75, 3.05) is 23.4 Å². The predicted molar refractivity (Wildman–Crippen MR) is 125 cm³/mol. The summed E-state index contributed by atoms with van der Waals surface area (Å²) in [5.41, 5.74) is 1.89. The van der Waals surface area contributed by atoms with E-state index < -0.39 is 18.5 Å². The average Bonchev–Trinajstić information content (AvgIpc) is 2.77.